The van der Waals surface area contributed by atoms with Gasteiger partial charge in [-0.25, -0.2) is 9.79 Å². The number of amides is 1. The minimum Gasteiger partial charge on any atom is -0.450 e. The molecule has 0 unspecified atom stereocenters. The Morgan fingerprint density at radius 1 is 1.20 bits per heavy atom. The molecule has 3 rings (SSSR count). The number of nitrogens with zero attached hydrogens (tertiary/aromatic N) is 3. The summed E-state index contributed by atoms with van der Waals surface area (Å²) in [6.07, 6.45) is 1.44. The molecule has 0 bridgehead atoms. The average molecular weight is 531 g/mol. The van der Waals surface area contributed by atoms with E-state index in [0.717, 1.165) is 45.7 Å². The van der Waals surface area contributed by atoms with Crippen LogP contribution in [0.15, 0.2) is 29.3 Å². The Balaban J connectivity index is 0.00000320. The van der Waals surface area contributed by atoms with E-state index in [1.165, 1.54) is 11.1 Å². The van der Waals surface area contributed by atoms with Crippen molar-refractivity contribution in [2.24, 2.45) is 10.7 Å². The number of benzene rings is 1. The minimum atomic E-state index is -0.232. The van der Waals surface area contributed by atoms with Gasteiger partial charge in [0.2, 0.25) is 0 Å². The van der Waals surface area contributed by atoms with Crippen molar-refractivity contribution in [2.45, 2.75) is 38.9 Å². The lowest BCUT2D eigenvalue weighted by Gasteiger charge is -2.31. The van der Waals surface area contributed by atoms with E-state index >= 15 is 0 Å². The maximum atomic E-state index is 11.8. The van der Waals surface area contributed by atoms with Gasteiger partial charge in [0.15, 0.2) is 5.96 Å². The number of rotatable bonds is 6. The molecule has 1 aromatic rings. The highest BCUT2D eigenvalue weighted by Gasteiger charge is 2.23. The molecule has 0 atom stereocenters. The fourth-order valence-corrected chi connectivity index (χ4v) is 3.71. The summed E-state index contributed by atoms with van der Waals surface area (Å²) in [7, 11) is 0. The topological polar surface area (TPSA) is 92.4 Å². The Morgan fingerprint density at radius 3 is 2.53 bits per heavy atom. The van der Waals surface area contributed by atoms with Crippen LogP contribution in [0.2, 0.25) is 0 Å². The van der Waals surface area contributed by atoms with Crippen molar-refractivity contribution < 1.29 is 14.3 Å². The molecule has 1 amide bonds. The van der Waals surface area contributed by atoms with Crippen molar-refractivity contribution in [2.75, 3.05) is 46.0 Å². The van der Waals surface area contributed by atoms with Crippen LogP contribution < -0.4 is 11.1 Å². The Hall–Kier alpha value is -1.59. The second kappa shape index (κ2) is 13.0. The Kier molecular flexibility index (Phi) is 10.7. The molecule has 0 aromatic heterocycles. The highest BCUT2D eigenvalue weighted by Crippen LogP contribution is 2.15. The van der Waals surface area contributed by atoms with E-state index in [4.69, 9.17) is 15.2 Å². The van der Waals surface area contributed by atoms with Crippen LogP contribution in [-0.4, -0.2) is 73.9 Å². The largest absolute Gasteiger partial charge is 0.450 e. The van der Waals surface area contributed by atoms with Crippen LogP contribution in [0.3, 0.4) is 0 Å². The average Bonchev–Trinajstić information content (AvgIpc) is 2.74. The molecule has 8 nitrogen and oxygen atoms in total. The molecule has 9 heteroatoms. The van der Waals surface area contributed by atoms with Crippen LogP contribution in [0.25, 0.3) is 0 Å². The predicted molar refractivity (Wildman–Crippen MR) is 128 cm³/mol. The SMILES string of the molecule is CCOC(=O)N1CCC(NC(N)=NCc2ccccc2CN2CCOCC2)CC1.I. The first-order valence-corrected chi connectivity index (χ1v) is 10.5. The summed E-state index contributed by atoms with van der Waals surface area (Å²) in [5, 5.41) is 3.30. The van der Waals surface area contributed by atoms with E-state index in [-0.39, 0.29) is 36.1 Å². The highest BCUT2D eigenvalue weighted by atomic mass is 127. The van der Waals surface area contributed by atoms with E-state index in [1.54, 1.807) is 4.90 Å². The molecule has 1 aromatic carbocycles. The number of likely N-dealkylation sites (tertiary alicyclic amines) is 1. The maximum absolute atomic E-state index is 11.8. The van der Waals surface area contributed by atoms with E-state index < -0.39 is 0 Å². The van der Waals surface area contributed by atoms with Gasteiger partial charge in [-0.1, -0.05) is 24.3 Å². The molecule has 30 heavy (non-hydrogen) atoms. The number of hydrogen-bond acceptors (Lipinski definition) is 5. The second-order valence-corrected chi connectivity index (χ2v) is 7.46. The summed E-state index contributed by atoms with van der Waals surface area (Å²) in [6.45, 7) is 8.57. The summed E-state index contributed by atoms with van der Waals surface area (Å²) < 4.78 is 10.5. The number of carbonyl (C=O) groups is 1. The number of piperidine rings is 1. The number of ether oxygens (including phenoxy) is 2. The van der Waals surface area contributed by atoms with Crippen LogP contribution in [0.4, 0.5) is 4.79 Å². The van der Waals surface area contributed by atoms with E-state index in [2.05, 4.69) is 33.4 Å². The van der Waals surface area contributed by atoms with Crippen LogP contribution in [0, 0.1) is 0 Å². The fraction of sp³-hybridized carbons (Fsp3) is 0.619. The number of nitrogens with one attached hydrogen (secondary N) is 1. The molecule has 168 valence electrons. The lowest BCUT2D eigenvalue weighted by atomic mass is 10.1. The van der Waals surface area contributed by atoms with Gasteiger partial charge in [-0.15, -0.1) is 24.0 Å². The van der Waals surface area contributed by atoms with Gasteiger partial charge >= 0.3 is 6.09 Å². The summed E-state index contributed by atoms with van der Waals surface area (Å²) in [5.41, 5.74) is 8.62. The smallest absolute Gasteiger partial charge is 0.409 e. The van der Waals surface area contributed by atoms with Gasteiger partial charge in [-0.05, 0) is 30.9 Å². The summed E-state index contributed by atoms with van der Waals surface area (Å²) in [4.78, 5) is 20.5. The molecule has 2 fully saturated rings. The van der Waals surface area contributed by atoms with Crippen molar-refractivity contribution in [1.29, 1.82) is 0 Å². The molecule has 3 N–H and O–H groups in total. The highest BCUT2D eigenvalue weighted by molar-refractivity contribution is 14.0. The first-order valence-electron chi connectivity index (χ1n) is 10.5. The first kappa shape index (κ1) is 24.7. The summed E-state index contributed by atoms with van der Waals surface area (Å²) in [5.74, 6) is 0.459. The zero-order valence-electron chi connectivity index (χ0n) is 17.7. The first-order chi connectivity index (χ1) is 14.2. The predicted octanol–water partition coefficient (Wildman–Crippen LogP) is 2.16. The summed E-state index contributed by atoms with van der Waals surface area (Å²) >= 11 is 0. The van der Waals surface area contributed by atoms with E-state index in [0.29, 0.717) is 32.2 Å². The molecule has 2 aliphatic rings. The number of carbonyl (C=O) groups excluding carboxylic acids is 1. The number of morpholine rings is 1. The molecule has 0 saturated carbocycles. The third kappa shape index (κ3) is 7.59. The number of hydrogen-bond donors (Lipinski definition) is 2. The van der Waals surface area contributed by atoms with Gasteiger partial charge in [0.05, 0.1) is 26.4 Å². The van der Waals surface area contributed by atoms with Crippen LogP contribution in [0.5, 0.6) is 0 Å². The van der Waals surface area contributed by atoms with E-state index in [9.17, 15) is 4.79 Å². The quantitative estimate of drug-likeness (QED) is 0.332. The monoisotopic (exact) mass is 531 g/mol. The molecular formula is C21H34IN5O3. The minimum absolute atomic E-state index is 0. The Bertz CT molecular complexity index is 689. The number of aliphatic imine (C=N–C) groups is 1. The van der Waals surface area contributed by atoms with Crippen LogP contribution in [0.1, 0.15) is 30.9 Å². The fourth-order valence-electron chi connectivity index (χ4n) is 3.71. The molecular weight excluding hydrogens is 497 g/mol. The third-order valence-corrected chi connectivity index (χ3v) is 5.41. The van der Waals surface area contributed by atoms with Gasteiger partial charge in [0, 0.05) is 38.8 Å². The van der Waals surface area contributed by atoms with Gasteiger partial charge in [0.1, 0.15) is 0 Å². The standard InChI is InChI=1S/C21H33N5O3.HI/c1-2-29-21(27)26-9-7-19(8-10-26)24-20(22)23-15-17-5-3-4-6-18(17)16-25-11-13-28-14-12-25;/h3-6,19H,2,7-16H2,1H3,(H3,22,23,24);1H. The van der Waals surface area contributed by atoms with Gasteiger partial charge in [-0.3, -0.25) is 4.90 Å². The zero-order valence-corrected chi connectivity index (χ0v) is 20.0. The van der Waals surface area contributed by atoms with Crippen molar-refractivity contribution >= 4 is 36.0 Å². The molecule has 0 aliphatic carbocycles. The third-order valence-electron chi connectivity index (χ3n) is 5.41. The molecule has 2 saturated heterocycles. The van der Waals surface area contributed by atoms with Gasteiger partial charge < -0.3 is 25.4 Å². The Morgan fingerprint density at radius 2 is 1.87 bits per heavy atom. The van der Waals surface area contributed by atoms with Gasteiger partial charge in [-0.2, -0.15) is 0 Å². The van der Waals surface area contributed by atoms with Crippen LogP contribution in [-0.2, 0) is 22.6 Å². The lowest BCUT2D eigenvalue weighted by Crippen LogP contribution is -2.48. The number of halogens is 1. The van der Waals surface area contributed by atoms with Crippen molar-refractivity contribution in [3.8, 4) is 0 Å². The molecule has 2 aliphatic heterocycles. The number of guanidine groups is 1. The number of nitrogens with two attached hydrogens (primary N) is 1. The molecule has 0 radical (unpaired) electrons. The summed E-state index contributed by atoms with van der Waals surface area (Å²) in [6, 6.07) is 8.62. The van der Waals surface area contributed by atoms with Gasteiger partial charge in [0.25, 0.3) is 0 Å². The van der Waals surface area contributed by atoms with Crippen molar-refractivity contribution in [1.82, 2.24) is 15.1 Å². The normalized spacial score (nSPS) is 18.6. The van der Waals surface area contributed by atoms with Crippen LogP contribution >= 0.6 is 24.0 Å². The molecule has 0 spiro atoms. The zero-order chi connectivity index (χ0) is 20.5. The lowest BCUT2D eigenvalue weighted by molar-refractivity contribution is 0.0341. The second-order valence-electron chi connectivity index (χ2n) is 7.46. The Labute approximate surface area is 196 Å². The van der Waals surface area contributed by atoms with Crippen molar-refractivity contribution in [3.63, 3.8) is 0 Å². The van der Waals surface area contributed by atoms with Crippen molar-refractivity contribution in [3.05, 3.63) is 35.4 Å². The molecule has 2 heterocycles. The van der Waals surface area contributed by atoms with E-state index in [1.807, 2.05) is 13.0 Å². The maximum Gasteiger partial charge on any atom is 0.409 e.